The van der Waals surface area contributed by atoms with Crippen molar-refractivity contribution in [1.82, 2.24) is 15.0 Å². The van der Waals surface area contributed by atoms with E-state index < -0.39 is 5.97 Å². The van der Waals surface area contributed by atoms with E-state index in [4.69, 9.17) is 9.63 Å². The Kier molecular flexibility index (Phi) is 4.30. The molecule has 1 aromatic rings. The fraction of sp³-hybridized carbons (Fsp3) is 0.750. The molecule has 0 saturated carbocycles. The average molecular weight is 253 g/mol. The predicted molar refractivity (Wildman–Crippen MR) is 64.0 cm³/mol. The summed E-state index contributed by atoms with van der Waals surface area (Å²) in [4.78, 5) is 17.2. The van der Waals surface area contributed by atoms with Crippen molar-refractivity contribution < 1.29 is 14.4 Å². The molecular formula is C12H19N3O3. The van der Waals surface area contributed by atoms with Crippen molar-refractivity contribution in [2.75, 3.05) is 6.54 Å². The zero-order valence-corrected chi connectivity index (χ0v) is 10.6. The first-order chi connectivity index (χ1) is 8.69. The molecule has 1 aliphatic rings. The minimum Gasteiger partial charge on any atom is -0.481 e. The van der Waals surface area contributed by atoms with Crippen molar-refractivity contribution in [1.29, 1.82) is 0 Å². The summed E-state index contributed by atoms with van der Waals surface area (Å²) in [6.45, 7) is 3.54. The van der Waals surface area contributed by atoms with Crippen LogP contribution in [0.15, 0.2) is 4.52 Å². The van der Waals surface area contributed by atoms with Crippen molar-refractivity contribution in [3.8, 4) is 0 Å². The van der Waals surface area contributed by atoms with Gasteiger partial charge in [0.15, 0.2) is 5.82 Å². The van der Waals surface area contributed by atoms with E-state index in [1.165, 1.54) is 0 Å². The zero-order valence-electron chi connectivity index (χ0n) is 10.6. The SMILES string of the molecule is CCCc1noc(CN2CCCC2CC(=O)O)n1. The number of carboxylic acids is 1. The Morgan fingerprint density at radius 1 is 1.61 bits per heavy atom. The van der Waals surface area contributed by atoms with Crippen LogP contribution in [0.25, 0.3) is 0 Å². The second-order valence-corrected chi connectivity index (χ2v) is 4.72. The highest BCUT2D eigenvalue weighted by atomic mass is 16.5. The second-order valence-electron chi connectivity index (χ2n) is 4.72. The van der Waals surface area contributed by atoms with E-state index in [0.717, 1.165) is 38.1 Å². The Morgan fingerprint density at radius 2 is 2.44 bits per heavy atom. The summed E-state index contributed by atoms with van der Waals surface area (Å²) < 4.78 is 5.18. The second kappa shape index (κ2) is 5.95. The minimum atomic E-state index is -0.746. The van der Waals surface area contributed by atoms with Gasteiger partial charge in [0.25, 0.3) is 0 Å². The molecule has 0 bridgehead atoms. The molecule has 0 spiro atoms. The molecule has 1 aliphatic heterocycles. The summed E-state index contributed by atoms with van der Waals surface area (Å²) in [7, 11) is 0. The summed E-state index contributed by atoms with van der Waals surface area (Å²) in [5, 5.41) is 12.8. The lowest BCUT2D eigenvalue weighted by Crippen LogP contribution is -2.31. The molecule has 0 radical (unpaired) electrons. The molecule has 0 amide bonds. The molecule has 0 aliphatic carbocycles. The largest absolute Gasteiger partial charge is 0.481 e. The maximum atomic E-state index is 10.8. The van der Waals surface area contributed by atoms with Gasteiger partial charge in [-0.05, 0) is 25.8 Å². The molecule has 1 N–H and O–H groups in total. The van der Waals surface area contributed by atoms with Crippen LogP contribution in [-0.4, -0.2) is 38.7 Å². The van der Waals surface area contributed by atoms with E-state index in [9.17, 15) is 4.79 Å². The fourth-order valence-corrected chi connectivity index (χ4v) is 2.39. The lowest BCUT2D eigenvalue weighted by atomic mass is 10.1. The summed E-state index contributed by atoms with van der Waals surface area (Å²) in [6, 6.07) is 0.101. The molecule has 2 heterocycles. The third-order valence-corrected chi connectivity index (χ3v) is 3.23. The van der Waals surface area contributed by atoms with Gasteiger partial charge in [-0.1, -0.05) is 12.1 Å². The smallest absolute Gasteiger partial charge is 0.304 e. The van der Waals surface area contributed by atoms with E-state index in [0.29, 0.717) is 12.4 Å². The molecule has 1 aromatic heterocycles. The third-order valence-electron chi connectivity index (χ3n) is 3.23. The molecule has 0 aromatic carbocycles. The van der Waals surface area contributed by atoms with Crippen LogP contribution in [0.2, 0.25) is 0 Å². The number of hydrogen-bond acceptors (Lipinski definition) is 5. The van der Waals surface area contributed by atoms with Crippen LogP contribution in [0, 0.1) is 0 Å². The first-order valence-electron chi connectivity index (χ1n) is 6.46. The number of nitrogens with zero attached hydrogens (tertiary/aromatic N) is 3. The lowest BCUT2D eigenvalue weighted by molar-refractivity contribution is -0.138. The van der Waals surface area contributed by atoms with Crippen LogP contribution in [-0.2, 0) is 17.8 Å². The number of aromatic nitrogens is 2. The van der Waals surface area contributed by atoms with Crippen molar-refractivity contribution in [3.63, 3.8) is 0 Å². The molecule has 1 unspecified atom stereocenters. The summed E-state index contributed by atoms with van der Waals surface area (Å²) >= 11 is 0. The van der Waals surface area contributed by atoms with Gasteiger partial charge in [0.2, 0.25) is 5.89 Å². The van der Waals surface area contributed by atoms with Gasteiger partial charge in [0, 0.05) is 12.5 Å². The van der Waals surface area contributed by atoms with Crippen LogP contribution in [0.3, 0.4) is 0 Å². The monoisotopic (exact) mass is 253 g/mol. The van der Waals surface area contributed by atoms with Crippen molar-refractivity contribution in [3.05, 3.63) is 11.7 Å². The molecular weight excluding hydrogens is 234 g/mol. The first kappa shape index (κ1) is 13.0. The van der Waals surface area contributed by atoms with Crippen molar-refractivity contribution in [2.45, 2.75) is 51.6 Å². The Hall–Kier alpha value is -1.43. The van der Waals surface area contributed by atoms with Gasteiger partial charge < -0.3 is 9.63 Å². The molecule has 6 heteroatoms. The third kappa shape index (κ3) is 3.29. The van der Waals surface area contributed by atoms with Crippen LogP contribution in [0.5, 0.6) is 0 Å². The summed E-state index contributed by atoms with van der Waals surface area (Å²) in [5.41, 5.74) is 0. The van der Waals surface area contributed by atoms with Crippen LogP contribution < -0.4 is 0 Å². The number of aryl methyl sites for hydroxylation is 1. The maximum absolute atomic E-state index is 10.8. The standard InChI is InChI=1S/C12H19N3O3/c1-2-4-10-13-11(18-14-10)8-15-6-3-5-9(15)7-12(16)17/h9H,2-8H2,1H3,(H,16,17). The highest BCUT2D eigenvalue weighted by Crippen LogP contribution is 2.22. The highest BCUT2D eigenvalue weighted by molar-refractivity contribution is 5.67. The van der Waals surface area contributed by atoms with E-state index in [-0.39, 0.29) is 12.5 Å². The van der Waals surface area contributed by atoms with Crippen LogP contribution >= 0.6 is 0 Å². The quantitative estimate of drug-likeness (QED) is 0.826. The zero-order chi connectivity index (χ0) is 13.0. The van der Waals surface area contributed by atoms with Gasteiger partial charge in [0.05, 0.1) is 13.0 Å². The number of rotatable bonds is 6. The number of aliphatic carboxylic acids is 1. The number of carbonyl (C=O) groups is 1. The van der Waals surface area contributed by atoms with Crippen LogP contribution in [0.4, 0.5) is 0 Å². The van der Waals surface area contributed by atoms with Crippen LogP contribution in [0.1, 0.15) is 44.3 Å². The van der Waals surface area contributed by atoms with Crippen molar-refractivity contribution >= 4 is 5.97 Å². The van der Waals surface area contributed by atoms with Gasteiger partial charge in [-0.15, -0.1) is 0 Å². The Morgan fingerprint density at radius 3 is 3.17 bits per heavy atom. The lowest BCUT2D eigenvalue weighted by Gasteiger charge is -2.20. The van der Waals surface area contributed by atoms with E-state index in [2.05, 4.69) is 22.0 Å². The highest BCUT2D eigenvalue weighted by Gasteiger charge is 2.27. The van der Waals surface area contributed by atoms with Gasteiger partial charge >= 0.3 is 5.97 Å². The number of hydrogen-bond donors (Lipinski definition) is 1. The molecule has 18 heavy (non-hydrogen) atoms. The summed E-state index contributed by atoms with van der Waals surface area (Å²) in [6.07, 6.45) is 3.97. The fourth-order valence-electron chi connectivity index (χ4n) is 2.39. The van der Waals surface area contributed by atoms with E-state index in [1.807, 2.05) is 0 Å². The first-order valence-corrected chi connectivity index (χ1v) is 6.46. The molecule has 1 fully saturated rings. The predicted octanol–water partition coefficient (Wildman–Crippen LogP) is 1.46. The van der Waals surface area contributed by atoms with Gasteiger partial charge in [-0.2, -0.15) is 4.98 Å². The van der Waals surface area contributed by atoms with E-state index >= 15 is 0 Å². The normalized spacial score (nSPS) is 20.4. The van der Waals surface area contributed by atoms with Crippen molar-refractivity contribution in [2.24, 2.45) is 0 Å². The van der Waals surface area contributed by atoms with Gasteiger partial charge in [-0.3, -0.25) is 9.69 Å². The summed E-state index contributed by atoms with van der Waals surface area (Å²) in [5.74, 6) is 0.585. The number of likely N-dealkylation sites (tertiary alicyclic amines) is 1. The Labute approximate surface area is 106 Å². The number of carboxylic acid groups (broad SMARTS) is 1. The Balaban J connectivity index is 1.92. The molecule has 100 valence electrons. The van der Waals surface area contributed by atoms with E-state index in [1.54, 1.807) is 0 Å². The van der Waals surface area contributed by atoms with Gasteiger partial charge in [0.1, 0.15) is 0 Å². The topological polar surface area (TPSA) is 79.5 Å². The molecule has 1 atom stereocenters. The van der Waals surface area contributed by atoms with Gasteiger partial charge in [-0.25, -0.2) is 0 Å². The average Bonchev–Trinajstić information content (AvgIpc) is 2.90. The Bertz CT molecular complexity index is 405. The molecule has 6 nitrogen and oxygen atoms in total. The maximum Gasteiger partial charge on any atom is 0.304 e. The molecule has 2 rings (SSSR count). The molecule has 1 saturated heterocycles. The minimum absolute atomic E-state index is 0.101.